The van der Waals surface area contributed by atoms with Gasteiger partial charge in [-0.05, 0) is 50.8 Å². The first-order chi connectivity index (χ1) is 9.92. The largest absolute Gasteiger partial charge is 0.494 e. The van der Waals surface area contributed by atoms with E-state index in [0.29, 0.717) is 0 Å². The molecule has 0 radical (unpaired) electrons. The summed E-state index contributed by atoms with van der Waals surface area (Å²) in [5.41, 5.74) is 0. The van der Waals surface area contributed by atoms with Gasteiger partial charge >= 0.3 is 0 Å². The van der Waals surface area contributed by atoms with Crippen LogP contribution < -0.4 is 10.1 Å². The third-order valence-electron chi connectivity index (χ3n) is 4.32. The fourth-order valence-corrected chi connectivity index (χ4v) is 2.99. The Balaban J connectivity index is 1.32. The van der Waals surface area contributed by atoms with Crippen LogP contribution in [0.1, 0.15) is 32.1 Å². The number of hydrogen-bond donors (Lipinski definition) is 1. The van der Waals surface area contributed by atoms with E-state index in [1.807, 2.05) is 30.3 Å². The zero-order chi connectivity index (χ0) is 13.6. The van der Waals surface area contributed by atoms with Crippen LogP contribution in [0.25, 0.3) is 0 Å². The Morgan fingerprint density at radius 1 is 1.15 bits per heavy atom. The Morgan fingerprint density at radius 2 is 2.00 bits per heavy atom. The Morgan fingerprint density at radius 3 is 2.80 bits per heavy atom. The summed E-state index contributed by atoms with van der Waals surface area (Å²) in [5, 5.41) is 3.67. The minimum Gasteiger partial charge on any atom is -0.494 e. The molecule has 1 saturated carbocycles. The minimum absolute atomic E-state index is 0.757. The van der Waals surface area contributed by atoms with Gasteiger partial charge < -0.3 is 10.1 Å². The van der Waals surface area contributed by atoms with Crippen molar-refractivity contribution in [2.24, 2.45) is 0 Å². The van der Waals surface area contributed by atoms with Crippen LogP contribution in [-0.2, 0) is 0 Å². The average Bonchev–Trinajstić information content (AvgIpc) is 3.21. The number of nitrogens with zero attached hydrogens (tertiary/aromatic N) is 1. The molecule has 2 fully saturated rings. The molecule has 2 aliphatic rings. The first kappa shape index (κ1) is 13.9. The number of ether oxygens (including phenoxy) is 1. The lowest BCUT2D eigenvalue weighted by Crippen LogP contribution is -2.39. The third-order valence-corrected chi connectivity index (χ3v) is 4.32. The molecule has 1 heterocycles. The number of likely N-dealkylation sites (tertiary alicyclic amines) is 1. The molecule has 1 aliphatic carbocycles. The molecule has 3 nitrogen and oxygen atoms in total. The lowest BCUT2D eigenvalue weighted by molar-refractivity contribution is 0.217. The zero-order valence-electron chi connectivity index (χ0n) is 12.3. The van der Waals surface area contributed by atoms with E-state index in [2.05, 4.69) is 10.2 Å². The van der Waals surface area contributed by atoms with E-state index >= 15 is 0 Å². The molecule has 1 aromatic carbocycles. The van der Waals surface area contributed by atoms with Gasteiger partial charge in [-0.1, -0.05) is 18.2 Å². The van der Waals surface area contributed by atoms with Crippen molar-refractivity contribution in [2.75, 3.05) is 26.2 Å². The summed E-state index contributed by atoms with van der Waals surface area (Å²) in [4.78, 5) is 2.64. The lowest BCUT2D eigenvalue weighted by Gasteiger charge is -2.24. The molecule has 1 saturated heterocycles. The van der Waals surface area contributed by atoms with Gasteiger partial charge in [0.25, 0.3) is 0 Å². The Kier molecular flexibility index (Phi) is 4.93. The molecule has 1 atom stereocenters. The number of hydrogen-bond acceptors (Lipinski definition) is 3. The van der Waals surface area contributed by atoms with Crippen LogP contribution in [0.2, 0.25) is 0 Å². The predicted octanol–water partition coefficient (Wildman–Crippen LogP) is 2.67. The molecule has 1 aliphatic heterocycles. The van der Waals surface area contributed by atoms with Crippen molar-refractivity contribution in [1.29, 1.82) is 0 Å². The maximum absolute atomic E-state index is 5.77. The van der Waals surface area contributed by atoms with E-state index < -0.39 is 0 Å². The number of nitrogens with one attached hydrogen (secondary N) is 1. The molecule has 0 amide bonds. The van der Waals surface area contributed by atoms with Crippen LogP contribution in [0, 0.1) is 0 Å². The highest BCUT2D eigenvalue weighted by molar-refractivity contribution is 5.20. The van der Waals surface area contributed by atoms with Crippen molar-refractivity contribution in [3.63, 3.8) is 0 Å². The first-order valence-corrected chi connectivity index (χ1v) is 8.07. The van der Waals surface area contributed by atoms with Gasteiger partial charge in [-0.15, -0.1) is 0 Å². The van der Waals surface area contributed by atoms with Crippen LogP contribution in [0.4, 0.5) is 0 Å². The monoisotopic (exact) mass is 274 g/mol. The molecule has 0 spiro atoms. The molecule has 110 valence electrons. The second-order valence-corrected chi connectivity index (χ2v) is 6.03. The van der Waals surface area contributed by atoms with E-state index in [9.17, 15) is 0 Å². The van der Waals surface area contributed by atoms with E-state index in [-0.39, 0.29) is 0 Å². The SMILES string of the molecule is c1ccc(OCCCN2CCCC2CNC2CC2)cc1. The van der Waals surface area contributed by atoms with Gasteiger partial charge in [0.05, 0.1) is 6.61 Å². The van der Waals surface area contributed by atoms with Gasteiger partial charge in [-0.3, -0.25) is 4.90 Å². The van der Waals surface area contributed by atoms with Crippen molar-refractivity contribution in [3.8, 4) is 5.75 Å². The predicted molar refractivity (Wildman–Crippen MR) is 82.2 cm³/mol. The average molecular weight is 274 g/mol. The molecule has 20 heavy (non-hydrogen) atoms. The lowest BCUT2D eigenvalue weighted by atomic mass is 10.2. The summed E-state index contributed by atoms with van der Waals surface area (Å²) in [6, 6.07) is 11.7. The molecule has 1 N–H and O–H groups in total. The second kappa shape index (κ2) is 7.09. The molecule has 0 aromatic heterocycles. The van der Waals surface area contributed by atoms with Crippen molar-refractivity contribution in [1.82, 2.24) is 10.2 Å². The van der Waals surface area contributed by atoms with Gasteiger partial charge in [-0.2, -0.15) is 0 Å². The Hall–Kier alpha value is -1.06. The van der Waals surface area contributed by atoms with E-state index in [0.717, 1.165) is 30.9 Å². The molecular formula is C17H26N2O. The van der Waals surface area contributed by atoms with Gasteiger partial charge in [0.1, 0.15) is 5.75 Å². The molecule has 1 aromatic rings. The number of para-hydroxylation sites is 1. The summed E-state index contributed by atoms with van der Waals surface area (Å²) >= 11 is 0. The first-order valence-electron chi connectivity index (χ1n) is 8.07. The van der Waals surface area contributed by atoms with Crippen molar-refractivity contribution < 1.29 is 4.74 Å². The maximum Gasteiger partial charge on any atom is 0.119 e. The molecule has 3 rings (SSSR count). The number of benzene rings is 1. The molecule has 3 heteroatoms. The van der Waals surface area contributed by atoms with Crippen LogP contribution in [0.15, 0.2) is 30.3 Å². The summed E-state index contributed by atoms with van der Waals surface area (Å²) in [7, 11) is 0. The normalized spacial score (nSPS) is 23.1. The summed E-state index contributed by atoms with van der Waals surface area (Å²) in [5.74, 6) is 0.987. The summed E-state index contributed by atoms with van der Waals surface area (Å²) in [6.45, 7) is 4.44. The van der Waals surface area contributed by atoms with Crippen molar-refractivity contribution >= 4 is 0 Å². The standard InChI is InChI=1S/C17H26N2O/c1-2-7-17(8-3-1)20-13-5-12-19-11-4-6-16(19)14-18-15-9-10-15/h1-3,7-8,15-16,18H,4-6,9-14H2. The quantitative estimate of drug-likeness (QED) is 0.738. The van der Waals surface area contributed by atoms with Gasteiger partial charge in [0.15, 0.2) is 0 Å². The van der Waals surface area contributed by atoms with E-state index in [4.69, 9.17) is 4.74 Å². The van der Waals surface area contributed by atoms with Gasteiger partial charge in [0, 0.05) is 25.2 Å². The maximum atomic E-state index is 5.77. The van der Waals surface area contributed by atoms with Crippen molar-refractivity contribution in [3.05, 3.63) is 30.3 Å². The highest BCUT2D eigenvalue weighted by Crippen LogP contribution is 2.21. The van der Waals surface area contributed by atoms with Gasteiger partial charge in [0.2, 0.25) is 0 Å². The number of rotatable bonds is 8. The minimum atomic E-state index is 0.757. The topological polar surface area (TPSA) is 24.5 Å². The Labute approximate surface area is 122 Å². The zero-order valence-corrected chi connectivity index (χ0v) is 12.3. The second-order valence-electron chi connectivity index (χ2n) is 6.03. The van der Waals surface area contributed by atoms with Crippen LogP contribution >= 0.6 is 0 Å². The fourth-order valence-electron chi connectivity index (χ4n) is 2.99. The highest BCUT2D eigenvalue weighted by Gasteiger charge is 2.27. The summed E-state index contributed by atoms with van der Waals surface area (Å²) in [6.07, 6.45) is 6.61. The van der Waals surface area contributed by atoms with Crippen molar-refractivity contribution in [2.45, 2.75) is 44.2 Å². The summed E-state index contributed by atoms with van der Waals surface area (Å²) < 4.78 is 5.77. The molecule has 1 unspecified atom stereocenters. The third kappa shape index (κ3) is 4.22. The van der Waals surface area contributed by atoms with E-state index in [1.165, 1.54) is 45.3 Å². The van der Waals surface area contributed by atoms with Gasteiger partial charge in [-0.25, -0.2) is 0 Å². The molecule has 0 bridgehead atoms. The molecular weight excluding hydrogens is 248 g/mol. The highest BCUT2D eigenvalue weighted by atomic mass is 16.5. The van der Waals surface area contributed by atoms with Crippen LogP contribution in [0.5, 0.6) is 5.75 Å². The smallest absolute Gasteiger partial charge is 0.119 e. The fraction of sp³-hybridized carbons (Fsp3) is 0.647. The van der Waals surface area contributed by atoms with Crippen LogP contribution in [-0.4, -0.2) is 43.2 Å². The van der Waals surface area contributed by atoms with Crippen LogP contribution in [0.3, 0.4) is 0 Å². The Bertz CT molecular complexity index is 391. The van der Waals surface area contributed by atoms with E-state index in [1.54, 1.807) is 0 Å².